The van der Waals surface area contributed by atoms with Gasteiger partial charge in [-0.15, -0.1) is 29.7 Å². The number of phenolic OH excluding ortho intramolecular Hbond substituents is 1. The van der Waals surface area contributed by atoms with Crippen molar-refractivity contribution >= 4 is 34.1 Å². The lowest BCUT2D eigenvalue weighted by molar-refractivity contribution is 0.158. The van der Waals surface area contributed by atoms with Crippen LogP contribution < -0.4 is 4.74 Å². The van der Waals surface area contributed by atoms with Gasteiger partial charge in [-0.2, -0.15) is 0 Å². The molecule has 3 heterocycles. The minimum absolute atomic E-state index is 0.00446. The number of pyridine rings is 1. The minimum Gasteiger partial charge on any atom is -0.508 e. The van der Waals surface area contributed by atoms with E-state index in [4.69, 9.17) is 19.7 Å². The largest absolute Gasteiger partial charge is 0.508 e. The number of aromatic hydroxyl groups is 1. The Kier molecular flexibility index (Phi) is 11.2. The molecule has 3 aromatic heterocycles. The molecule has 0 saturated carbocycles. The second-order valence-corrected chi connectivity index (χ2v) is 17.1. The van der Waals surface area contributed by atoms with Crippen molar-refractivity contribution in [2.75, 3.05) is 7.11 Å². The van der Waals surface area contributed by atoms with Crippen LogP contribution in [0.15, 0.2) is 78.3 Å². The van der Waals surface area contributed by atoms with E-state index in [0.29, 0.717) is 10.9 Å². The Labute approximate surface area is 307 Å². The summed E-state index contributed by atoms with van der Waals surface area (Å²) in [5.74, 6) is 0.915. The maximum absolute atomic E-state index is 10.6. The van der Waals surface area contributed by atoms with Gasteiger partial charge < -0.3 is 9.84 Å². The van der Waals surface area contributed by atoms with Crippen LogP contribution in [0.2, 0.25) is 0 Å². The van der Waals surface area contributed by atoms with Gasteiger partial charge >= 0.3 is 0 Å². The molecule has 0 fully saturated rings. The fourth-order valence-corrected chi connectivity index (χ4v) is 9.66. The van der Waals surface area contributed by atoms with Gasteiger partial charge in [0.15, 0.2) is 0 Å². The Morgan fingerprint density at radius 2 is 1.56 bits per heavy atom. The maximum Gasteiger partial charge on any atom is 0.119 e. The second kappa shape index (κ2) is 14.9. The molecule has 0 amide bonds. The summed E-state index contributed by atoms with van der Waals surface area (Å²) in [5, 5.41) is 10.9. The van der Waals surface area contributed by atoms with Crippen LogP contribution >= 0.6 is 23.1 Å². The van der Waals surface area contributed by atoms with Crippen molar-refractivity contribution in [3.05, 3.63) is 94.5 Å². The average Bonchev–Trinajstić information content (AvgIpc) is 3.53. The van der Waals surface area contributed by atoms with Crippen LogP contribution in [0.1, 0.15) is 102 Å². The predicted octanol–water partition coefficient (Wildman–Crippen LogP) is 12.3. The quantitative estimate of drug-likeness (QED) is 0.0915. The monoisotopic (exact) mass is 707 g/mol. The summed E-state index contributed by atoms with van der Waals surface area (Å²) < 4.78 is 5.62. The molecule has 1 N–H and O–H groups in total. The van der Waals surface area contributed by atoms with Crippen molar-refractivity contribution in [1.29, 1.82) is 0 Å². The van der Waals surface area contributed by atoms with Crippen LogP contribution in [0.3, 0.4) is 0 Å². The van der Waals surface area contributed by atoms with Crippen LogP contribution in [-0.2, 0) is 10.8 Å². The Morgan fingerprint density at radius 3 is 2.16 bits per heavy atom. The third-order valence-corrected chi connectivity index (χ3v) is 14.4. The van der Waals surface area contributed by atoms with Crippen molar-refractivity contribution in [3.63, 3.8) is 0 Å². The standard InChI is InChI=1S/C43H53N3O2S2/c1-12-18-32(13-2)49-33-26-44-39(41(6,7)40-27(5)23-34(50-40)42(8,9)43(10,14-3)15-4)38-37(33)45-36(29-20-17-22-31(25-29)48-11)35(46-38)28-19-16-21-30(47)24-28/h12,16-17,19-26,32,47H,1,13-15,18H2,2-11H3. The molecule has 0 saturated heterocycles. The van der Waals surface area contributed by atoms with Gasteiger partial charge in [0.05, 0.1) is 29.1 Å². The number of aromatic nitrogens is 3. The summed E-state index contributed by atoms with van der Waals surface area (Å²) in [5.41, 5.74) is 6.58. The first kappa shape index (κ1) is 37.6. The van der Waals surface area contributed by atoms with E-state index < -0.39 is 5.41 Å². The fraction of sp³-hybridized carbons (Fsp3) is 0.419. The number of hydrogen-bond donors (Lipinski definition) is 1. The number of ether oxygens (including phenoxy) is 1. The lowest BCUT2D eigenvalue weighted by atomic mass is 9.63. The summed E-state index contributed by atoms with van der Waals surface area (Å²) >= 11 is 3.71. The van der Waals surface area contributed by atoms with Gasteiger partial charge in [-0.05, 0) is 87.8 Å². The molecule has 1 unspecified atom stereocenters. The molecule has 264 valence electrons. The lowest BCUT2D eigenvalue weighted by Gasteiger charge is -2.43. The molecule has 0 bridgehead atoms. The molecule has 7 heteroatoms. The average molecular weight is 708 g/mol. The summed E-state index contributed by atoms with van der Waals surface area (Å²) in [7, 11) is 1.67. The molecule has 5 aromatic rings. The number of aryl methyl sites for hydroxylation is 1. The van der Waals surface area contributed by atoms with E-state index in [0.717, 1.165) is 69.9 Å². The van der Waals surface area contributed by atoms with E-state index in [2.05, 4.69) is 75.0 Å². The molecular weight excluding hydrogens is 655 g/mol. The van der Waals surface area contributed by atoms with Gasteiger partial charge in [-0.3, -0.25) is 4.98 Å². The Bertz CT molecular complexity index is 1990. The van der Waals surface area contributed by atoms with Crippen LogP contribution in [0.5, 0.6) is 11.5 Å². The van der Waals surface area contributed by atoms with E-state index in [1.807, 2.05) is 60.0 Å². The Morgan fingerprint density at radius 1 is 0.920 bits per heavy atom. The topological polar surface area (TPSA) is 68.1 Å². The zero-order chi connectivity index (χ0) is 36.4. The van der Waals surface area contributed by atoms with Crippen LogP contribution in [0.25, 0.3) is 33.5 Å². The van der Waals surface area contributed by atoms with Crippen LogP contribution in [0, 0.1) is 12.3 Å². The van der Waals surface area contributed by atoms with Crippen molar-refractivity contribution in [2.45, 2.75) is 109 Å². The Balaban J connectivity index is 1.82. The van der Waals surface area contributed by atoms with Gasteiger partial charge in [0.2, 0.25) is 0 Å². The van der Waals surface area contributed by atoms with Gasteiger partial charge in [0.1, 0.15) is 22.5 Å². The third-order valence-electron chi connectivity index (χ3n) is 11.1. The number of hydrogen-bond acceptors (Lipinski definition) is 7. The molecule has 2 aromatic carbocycles. The summed E-state index contributed by atoms with van der Waals surface area (Å²) in [4.78, 5) is 19.9. The van der Waals surface area contributed by atoms with Crippen molar-refractivity contribution in [1.82, 2.24) is 15.0 Å². The van der Waals surface area contributed by atoms with Crippen molar-refractivity contribution in [3.8, 4) is 34.0 Å². The number of thioether (sulfide) groups is 1. The Hall–Kier alpha value is -3.68. The highest BCUT2D eigenvalue weighted by atomic mass is 32.2. The minimum atomic E-state index is -0.465. The van der Waals surface area contributed by atoms with Crippen LogP contribution in [0.4, 0.5) is 0 Å². The number of phenols is 1. The lowest BCUT2D eigenvalue weighted by Crippen LogP contribution is -2.37. The first-order valence-corrected chi connectivity index (χ1v) is 19.5. The fourth-order valence-electron chi connectivity index (χ4n) is 7.00. The predicted molar refractivity (Wildman–Crippen MR) is 214 cm³/mol. The molecule has 50 heavy (non-hydrogen) atoms. The molecule has 1 atom stereocenters. The van der Waals surface area contributed by atoms with Crippen molar-refractivity contribution < 1.29 is 9.84 Å². The molecular formula is C43H53N3O2S2. The smallest absolute Gasteiger partial charge is 0.119 e. The van der Waals surface area contributed by atoms with Gasteiger partial charge in [0.25, 0.3) is 0 Å². The van der Waals surface area contributed by atoms with Gasteiger partial charge in [0, 0.05) is 43.2 Å². The summed E-state index contributed by atoms with van der Waals surface area (Å²) in [6.45, 7) is 24.9. The highest BCUT2D eigenvalue weighted by Crippen LogP contribution is 2.51. The molecule has 0 spiro atoms. The van der Waals surface area contributed by atoms with E-state index in [-0.39, 0.29) is 16.6 Å². The van der Waals surface area contributed by atoms with E-state index in [9.17, 15) is 5.11 Å². The molecule has 0 aliphatic rings. The second-order valence-electron chi connectivity index (χ2n) is 14.7. The molecule has 0 aliphatic carbocycles. The number of fused-ring (bicyclic) bond motifs is 1. The number of nitrogens with zero attached hydrogens (tertiary/aromatic N) is 3. The molecule has 0 radical (unpaired) electrons. The van der Waals surface area contributed by atoms with E-state index in [1.54, 1.807) is 31.0 Å². The number of rotatable bonds is 14. The number of methoxy groups -OCH3 is 1. The molecule has 5 rings (SSSR count). The maximum atomic E-state index is 10.6. The first-order chi connectivity index (χ1) is 23.7. The van der Waals surface area contributed by atoms with E-state index >= 15 is 0 Å². The summed E-state index contributed by atoms with van der Waals surface area (Å²) in [6.07, 6.45) is 8.10. The van der Waals surface area contributed by atoms with Crippen molar-refractivity contribution in [2.24, 2.45) is 5.41 Å². The zero-order valence-corrected chi connectivity index (χ0v) is 33.1. The summed E-state index contributed by atoms with van der Waals surface area (Å²) in [6, 6.07) is 17.6. The highest BCUT2D eigenvalue weighted by Gasteiger charge is 2.42. The molecule has 5 nitrogen and oxygen atoms in total. The number of allylic oxidation sites excluding steroid dienone is 1. The zero-order valence-electron chi connectivity index (χ0n) is 31.5. The number of thiophene rings is 1. The van der Waals surface area contributed by atoms with Gasteiger partial charge in [-0.1, -0.05) is 71.9 Å². The normalized spacial score (nSPS) is 13.1. The van der Waals surface area contributed by atoms with E-state index in [1.165, 1.54) is 15.3 Å². The molecule has 0 aliphatic heterocycles. The first-order valence-electron chi connectivity index (χ1n) is 17.8. The van der Waals surface area contributed by atoms with Gasteiger partial charge in [-0.25, -0.2) is 9.97 Å². The van der Waals surface area contributed by atoms with Crippen LogP contribution in [-0.4, -0.2) is 32.4 Å². The third kappa shape index (κ3) is 6.96. The number of benzene rings is 2. The SMILES string of the molecule is C=CCC(CC)Sc1cnc(C(C)(C)c2sc(C(C)(C)C(C)(CC)CC)cc2C)c2nc(-c3cccc(O)c3)c(-c3cccc(OC)c3)nc12. The highest BCUT2D eigenvalue weighted by molar-refractivity contribution is 8.00.